The Bertz CT molecular complexity index is 750. The van der Waals surface area contributed by atoms with Gasteiger partial charge in [-0.25, -0.2) is 0 Å². The van der Waals surface area contributed by atoms with E-state index >= 15 is 0 Å². The van der Waals surface area contributed by atoms with Crippen molar-refractivity contribution in [3.05, 3.63) is 29.1 Å². The Morgan fingerprint density at radius 3 is 2.96 bits per heavy atom. The number of hydrogen-bond acceptors (Lipinski definition) is 4. The van der Waals surface area contributed by atoms with E-state index in [0.29, 0.717) is 23.9 Å². The smallest absolute Gasteiger partial charge is 0.274 e. The lowest BCUT2D eigenvalue weighted by Crippen LogP contribution is -2.35. The van der Waals surface area contributed by atoms with E-state index in [0.717, 1.165) is 25.8 Å². The van der Waals surface area contributed by atoms with Gasteiger partial charge in [0.15, 0.2) is 5.69 Å². The third-order valence-corrected chi connectivity index (χ3v) is 5.66. The molecule has 3 aliphatic rings. The van der Waals surface area contributed by atoms with Crippen molar-refractivity contribution in [2.24, 2.45) is 5.92 Å². The molecule has 1 aliphatic heterocycles. The Kier molecular flexibility index (Phi) is 5.29. The molecule has 2 N–H and O–H groups in total. The predicted octanol–water partition coefficient (Wildman–Crippen LogP) is 1.73. The third kappa shape index (κ3) is 4.40. The first-order chi connectivity index (χ1) is 13.1. The fraction of sp³-hybridized carbons (Fsp3) is 0.650. The summed E-state index contributed by atoms with van der Waals surface area (Å²) in [6.07, 6.45) is 9.72. The highest BCUT2D eigenvalue weighted by Gasteiger charge is 2.30. The number of nitrogens with one attached hydrogen (secondary N) is 1. The topological polar surface area (TPSA) is 87.5 Å². The van der Waals surface area contributed by atoms with E-state index in [9.17, 15) is 14.7 Å². The van der Waals surface area contributed by atoms with Crippen LogP contribution in [0.2, 0.25) is 0 Å². The minimum absolute atomic E-state index is 0.110. The molecule has 1 fully saturated rings. The molecule has 2 heterocycles. The van der Waals surface area contributed by atoms with Gasteiger partial charge in [-0.05, 0) is 50.9 Å². The van der Waals surface area contributed by atoms with Gasteiger partial charge < -0.3 is 15.3 Å². The summed E-state index contributed by atoms with van der Waals surface area (Å²) in [5.74, 6) is 0.195. The first-order valence-corrected chi connectivity index (χ1v) is 10.1. The average Bonchev–Trinajstić information content (AvgIpc) is 3.42. The van der Waals surface area contributed by atoms with Crippen LogP contribution in [0.5, 0.6) is 0 Å². The quantitative estimate of drug-likeness (QED) is 0.745. The van der Waals surface area contributed by atoms with Crippen molar-refractivity contribution in [3.8, 4) is 0 Å². The van der Waals surface area contributed by atoms with Crippen LogP contribution in [0.1, 0.15) is 65.9 Å². The molecule has 4 rings (SSSR count). The molecule has 27 heavy (non-hydrogen) atoms. The number of rotatable bonds is 6. The third-order valence-electron chi connectivity index (χ3n) is 5.66. The zero-order chi connectivity index (χ0) is 18.8. The van der Waals surface area contributed by atoms with Crippen molar-refractivity contribution >= 4 is 11.8 Å². The number of hydrogen-bond donors (Lipinski definition) is 2. The van der Waals surface area contributed by atoms with E-state index in [1.54, 1.807) is 6.07 Å². The fourth-order valence-corrected chi connectivity index (χ4v) is 3.87. The van der Waals surface area contributed by atoms with E-state index < -0.39 is 6.10 Å². The maximum Gasteiger partial charge on any atom is 0.274 e. The van der Waals surface area contributed by atoms with Crippen LogP contribution in [0.3, 0.4) is 0 Å². The van der Waals surface area contributed by atoms with Gasteiger partial charge in [0.25, 0.3) is 11.8 Å². The summed E-state index contributed by atoms with van der Waals surface area (Å²) < 4.78 is 1.46. The van der Waals surface area contributed by atoms with Crippen molar-refractivity contribution in [2.45, 2.75) is 57.6 Å². The lowest BCUT2D eigenvalue weighted by molar-refractivity contribution is 0.0741. The van der Waals surface area contributed by atoms with E-state index in [4.69, 9.17) is 0 Å². The number of fused-ring (bicyclic) bond motifs is 1. The summed E-state index contributed by atoms with van der Waals surface area (Å²) in [6, 6.07) is 1.56. The fourth-order valence-electron chi connectivity index (χ4n) is 3.87. The summed E-state index contributed by atoms with van der Waals surface area (Å²) in [5, 5.41) is 16.9. The standard InChI is InChI=1S/C20H28N4O3/c25-16-11-21-19(26)18-10-17(22-24(18)13-16)20(27)23(12-15-6-7-15)9-8-14-4-2-1-3-5-14/h4,10,15-16,25H,1-3,5-9,11-13H2,(H,21,26). The molecule has 7 heteroatoms. The zero-order valence-electron chi connectivity index (χ0n) is 15.7. The molecule has 1 atom stereocenters. The van der Waals surface area contributed by atoms with Crippen LogP contribution in [0.25, 0.3) is 0 Å². The second-order valence-corrected chi connectivity index (χ2v) is 8.01. The number of amides is 2. The highest BCUT2D eigenvalue weighted by molar-refractivity contribution is 5.98. The first-order valence-electron chi connectivity index (χ1n) is 10.1. The summed E-state index contributed by atoms with van der Waals surface area (Å²) in [4.78, 5) is 27.2. The van der Waals surface area contributed by atoms with Gasteiger partial charge in [0, 0.05) is 25.7 Å². The van der Waals surface area contributed by atoms with Crippen molar-refractivity contribution in [3.63, 3.8) is 0 Å². The van der Waals surface area contributed by atoms with Crippen molar-refractivity contribution < 1.29 is 14.7 Å². The number of carbonyl (C=O) groups is 2. The van der Waals surface area contributed by atoms with Crippen LogP contribution < -0.4 is 5.32 Å². The van der Waals surface area contributed by atoms with Crippen molar-refractivity contribution in [2.75, 3.05) is 19.6 Å². The van der Waals surface area contributed by atoms with Crippen LogP contribution in [-0.2, 0) is 6.54 Å². The molecule has 1 unspecified atom stereocenters. The Hall–Kier alpha value is -2.15. The van der Waals surface area contributed by atoms with Crippen molar-refractivity contribution in [1.29, 1.82) is 0 Å². The highest BCUT2D eigenvalue weighted by atomic mass is 16.3. The van der Waals surface area contributed by atoms with Gasteiger partial charge in [0.1, 0.15) is 5.69 Å². The molecule has 1 saturated carbocycles. The summed E-state index contributed by atoms with van der Waals surface area (Å²) >= 11 is 0. The number of allylic oxidation sites excluding steroid dienone is 1. The number of β-amino-alcohol motifs (C(OH)–C–C–N with tert-alkyl or cyclic N) is 1. The number of nitrogens with zero attached hydrogens (tertiary/aromatic N) is 3. The second-order valence-electron chi connectivity index (χ2n) is 8.01. The zero-order valence-corrected chi connectivity index (χ0v) is 15.7. The van der Waals surface area contributed by atoms with Crippen LogP contribution in [0, 0.1) is 5.92 Å². The van der Waals surface area contributed by atoms with E-state index in [2.05, 4.69) is 16.5 Å². The Balaban J connectivity index is 1.49. The van der Waals surface area contributed by atoms with Crippen LogP contribution in [0.4, 0.5) is 0 Å². The Morgan fingerprint density at radius 2 is 2.22 bits per heavy atom. The summed E-state index contributed by atoms with van der Waals surface area (Å²) in [7, 11) is 0. The number of aliphatic hydroxyl groups excluding tert-OH is 1. The monoisotopic (exact) mass is 372 g/mol. The van der Waals surface area contributed by atoms with E-state index in [-0.39, 0.29) is 24.9 Å². The lowest BCUT2D eigenvalue weighted by atomic mass is 9.97. The van der Waals surface area contributed by atoms with Gasteiger partial charge >= 0.3 is 0 Å². The molecule has 146 valence electrons. The number of aliphatic hydroxyl groups is 1. The molecular weight excluding hydrogens is 344 g/mol. The summed E-state index contributed by atoms with van der Waals surface area (Å²) in [6.45, 7) is 1.90. The Labute approximate surface area is 159 Å². The maximum absolute atomic E-state index is 13.1. The van der Waals surface area contributed by atoms with Gasteiger partial charge in [-0.15, -0.1) is 0 Å². The lowest BCUT2D eigenvalue weighted by Gasteiger charge is -2.23. The molecule has 0 spiro atoms. The second kappa shape index (κ2) is 7.84. The molecule has 1 aromatic rings. The maximum atomic E-state index is 13.1. The largest absolute Gasteiger partial charge is 0.389 e. The Morgan fingerprint density at radius 1 is 1.37 bits per heavy atom. The molecule has 1 aromatic heterocycles. The van der Waals surface area contributed by atoms with Gasteiger partial charge in [-0.1, -0.05) is 11.6 Å². The summed E-state index contributed by atoms with van der Waals surface area (Å²) in [5.41, 5.74) is 2.10. The SMILES string of the molecule is O=C1NCC(O)Cn2nc(C(=O)N(CCC3=CCCCC3)CC3CC3)cc21. The first kappa shape index (κ1) is 18.2. The van der Waals surface area contributed by atoms with Gasteiger partial charge in [-0.3, -0.25) is 14.3 Å². The molecular formula is C20H28N4O3. The predicted molar refractivity (Wildman–Crippen MR) is 100 cm³/mol. The molecule has 0 saturated heterocycles. The van der Waals surface area contributed by atoms with Crippen LogP contribution in [-0.4, -0.2) is 57.3 Å². The van der Waals surface area contributed by atoms with Gasteiger partial charge in [0.05, 0.1) is 12.6 Å². The number of aromatic nitrogens is 2. The van der Waals surface area contributed by atoms with Crippen LogP contribution in [0.15, 0.2) is 17.7 Å². The molecule has 0 aromatic carbocycles. The van der Waals surface area contributed by atoms with E-state index in [1.165, 1.54) is 35.9 Å². The highest BCUT2D eigenvalue weighted by Crippen LogP contribution is 2.31. The molecule has 0 radical (unpaired) electrons. The minimum atomic E-state index is -0.696. The van der Waals surface area contributed by atoms with E-state index in [1.807, 2.05) is 4.90 Å². The molecule has 7 nitrogen and oxygen atoms in total. The van der Waals surface area contributed by atoms with Gasteiger partial charge in [-0.2, -0.15) is 5.10 Å². The van der Waals surface area contributed by atoms with Gasteiger partial charge in [0.2, 0.25) is 0 Å². The number of carbonyl (C=O) groups excluding carboxylic acids is 2. The van der Waals surface area contributed by atoms with Crippen molar-refractivity contribution in [1.82, 2.24) is 20.0 Å². The molecule has 2 aliphatic carbocycles. The average molecular weight is 372 g/mol. The molecule has 0 bridgehead atoms. The molecule has 2 amide bonds. The normalized spacial score (nSPS) is 22.5. The van der Waals surface area contributed by atoms with Crippen LogP contribution >= 0.6 is 0 Å². The minimum Gasteiger partial charge on any atom is -0.389 e.